The van der Waals surface area contributed by atoms with Crippen molar-refractivity contribution in [1.29, 1.82) is 0 Å². The van der Waals surface area contributed by atoms with Crippen molar-refractivity contribution in [3.63, 3.8) is 0 Å². The predicted octanol–water partition coefficient (Wildman–Crippen LogP) is 4.72. The quantitative estimate of drug-likeness (QED) is 0.381. The van der Waals surface area contributed by atoms with Gasteiger partial charge in [-0.3, -0.25) is 4.79 Å². The van der Waals surface area contributed by atoms with Crippen molar-refractivity contribution in [2.24, 2.45) is 5.10 Å². The van der Waals surface area contributed by atoms with Crippen LogP contribution >= 0.6 is 0 Å². The Kier molecular flexibility index (Phi) is 5.54. The van der Waals surface area contributed by atoms with Crippen LogP contribution in [-0.4, -0.2) is 28.8 Å². The van der Waals surface area contributed by atoms with Crippen LogP contribution in [0.2, 0.25) is 0 Å². The maximum Gasteiger partial charge on any atom is 0.275 e. The van der Waals surface area contributed by atoms with E-state index in [2.05, 4.69) is 20.1 Å². The number of ether oxygens (including phenoxy) is 1. The van der Waals surface area contributed by atoms with E-state index in [4.69, 9.17) is 4.74 Å². The van der Waals surface area contributed by atoms with E-state index >= 15 is 0 Å². The molecule has 156 valence electrons. The average molecular weight is 412 g/mol. The molecule has 0 fully saturated rings. The first-order valence-corrected chi connectivity index (χ1v) is 10.00. The Balaban J connectivity index is 1.57. The molecule has 0 unspecified atom stereocenters. The Morgan fingerprint density at radius 2 is 1.81 bits per heavy atom. The number of methoxy groups -OCH3 is 1. The summed E-state index contributed by atoms with van der Waals surface area (Å²) in [7, 11) is 1.55. The van der Waals surface area contributed by atoms with E-state index in [1.54, 1.807) is 19.5 Å². The molecule has 4 aromatic rings. The molecule has 6 nitrogen and oxygen atoms in total. The third kappa shape index (κ3) is 4.05. The number of hydrazone groups is 1. The smallest absolute Gasteiger partial charge is 0.275 e. The molecule has 31 heavy (non-hydrogen) atoms. The van der Waals surface area contributed by atoms with Crippen LogP contribution in [0.1, 0.15) is 32.9 Å². The van der Waals surface area contributed by atoms with Gasteiger partial charge < -0.3 is 9.30 Å². The molecule has 0 saturated carbocycles. The Bertz CT molecular complexity index is 1300. The summed E-state index contributed by atoms with van der Waals surface area (Å²) >= 11 is 0. The van der Waals surface area contributed by atoms with E-state index in [0.717, 1.165) is 39.1 Å². The number of pyridine rings is 1. The summed E-state index contributed by atoms with van der Waals surface area (Å²) in [6, 6.07) is 17.5. The van der Waals surface area contributed by atoms with Gasteiger partial charge in [0.25, 0.3) is 5.91 Å². The monoisotopic (exact) mass is 412 g/mol. The molecular weight excluding hydrogens is 388 g/mol. The summed E-state index contributed by atoms with van der Waals surface area (Å²) in [6.07, 6.45) is 3.45. The zero-order chi connectivity index (χ0) is 22.0. The van der Waals surface area contributed by atoms with Crippen LogP contribution in [0.15, 0.2) is 65.9 Å². The van der Waals surface area contributed by atoms with Crippen LogP contribution in [0.3, 0.4) is 0 Å². The standard InChI is InChI=1S/C25H24N4O2/c1-16-9-10-26-24(11-16)29-17(2)12-21(18(29)3)15-27-28-25(30)22-13-19-7-5-6-8-20(19)14-23(22)31-4/h5-15H,1-4H3,(H,28,30)/b27-15-. The van der Waals surface area contributed by atoms with E-state index in [1.807, 2.05) is 75.4 Å². The Morgan fingerprint density at radius 1 is 1.06 bits per heavy atom. The molecule has 0 spiro atoms. The van der Waals surface area contributed by atoms with Crippen molar-refractivity contribution in [1.82, 2.24) is 15.0 Å². The van der Waals surface area contributed by atoms with E-state index < -0.39 is 0 Å². The molecule has 1 N–H and O–H groups in total. The van der Waals surface area contributed by atoms with Crippen LogP contribution in [-0.2, 0) is 0 Å². The number of rotatable bonds is 5. The molecular formula is C25H24N4O2. The second-order valence-electron chi connectivity index (χ2n) is 7.45. The molecule has 2 aromatic carbocycles. The van der Waals surface area contributed by atoms with E-state index in [0.29, 0.717) is 11.3 Å². The fraction of sp³-hybridized carbons (Fsp3) is 0.160. The number of hydrogen-bond acceptors (Lipinski definition) is 4. The lowest BCUT2D eigenvalue weighted by molar-refractivity contribution is 0.0952. The van der Waals surface area contributed by atoms with Gasteiger partial charge in [0.1, 0.15) is 11.6 Å². The van der Waals surface area contributed by atoms with Gasteiger partial charge in [0.05, 0.1) is 18.9 Å². The number of carbonyl (C=O) groups is 1. The molecule has 0 bridgehead atoms. The van der Waals surface area contributed by atoms with Gasteiger partial charge in [-0.1, -0.05) is 24.3 Å². The maximum absolute atomic E-state index is 12.8. The van der Waals surface area contributed by atoms with Gasteiger partial charge in [-0.25, -0.2) is 10.4 Å². The minimum atomic E-state index is -0.326. The number of aromatic nitrogens is 2. The highest BCUT2D eigenvalue weighted by Crippen LogP contribution is 2.26. The summed E-state index contributed by atoms with van der Waals surface area (Å²) in [5.41, 5.74) is 7.15. The summed E-state index contributed by atoms with van der Waals surface area (Å²) in [5, 5.41) is 6.16. The van der Waals surface area contributed by atoms with Crippen LogP contribution in [0.25, 0.3) is 16.6 Å². The average Bonchev–Trinajstić information content (AvgIpc) is 3.05. The number of fused-ring (bicyclic) bond motifs is 1. The zero-order valence-electron chi connectivity index (χ0n) is 18.0. The van der Waals surface area contributed by atoms with Crippen LogP contribution in [0.5, 0.6) is 5.75 Å². The Labute approximate surface area is 181 Å². The van der Waals surface area contributed by atoms with Gasteiger partial charge in [-0.15, -0.1) is 0 Å². The lowest BCUT2D eigenvalue weighted by Gasteiger charge is -2.09. The summed E-state index contributed by atoms with van der Waals surface area (Å²) in [5.74, 6) is 1.04. The van der Waals surface area contributed by atoms with E-state index in [1.165, 1.54) is 0 Å². The molecule has 2 heterocycles. The molecule has 2 aromatic heterocycles. The predicted molar refractivity (Wildman–Crippen MR) is 123 cm³/mol. The second kappa shape index (κ2) is 8.44. The lowest BCUT2D eigenvalue weighted by Crippen LogP contribution is -2.18. The molecule has 4 rings (SSSR count). The molecule has 0 aliphatic carbocycles. The van der Waals surface area contributed by atoms with Crippen molar-refractivity contribution < 1.29 is 9.53 Å². The largest absolute Gasteiger partial charge is 0.496 e. The van der Waals surface area contributed by atoms with Gasteiger partial charge in [0, 0.05) is 23.1 Å². The second-order valence-corrected chi connectivity index (χ2v) is 7.45. The maximum atomic E-state index is 12.8. The minimum Gasteiger partial charge on any atom is -0.496 e. The minimum absolute atomic E-state index is 0.326. The van der Waals surface area contributed by atoms with Gasteiger partial charge in [-0.05, 0) is 67.4 Å². The SMILES string of the molecule is COc1cc2ccccc2cc1C(=O)N/N=C\c1cc(C)n(-c2cc(C)ccn2)c1C. The number of hydrogen-bond donors (Lipinski definition) is 1. The van der Waals surface area contributed by atoms with Gasteiger partial charge in [-0.2, -0.15) is 5.10 Å². The normalized spacial score (nSPS) is 11.2. The lowest BCUT2D eigenvalue weighted by atomic mass is 10.1. The van der Waals surface area contributed by atoms with Gasteiger partial charge >= 0.3 is 0 Å². The van der Waals surface area contributed by atoms with E-state index in [9.17, 15) is 4.79 Å². The van der Waals surface area contributed by atoms with Crippen molar-refractivity contribution in [3.8, 4) is 11.6 Å². The third-order valence-electron chi connectivity index (χ3n) is 5.28. The summed E-state index contributed by atoms with van der Waals surface area (Å²) in [4.78, 5) is 17.2. The zero-order valence-corrected chi connectivity index (χ0v) is 18.0. The fourth-order valence-corrected chi connectivity index (χ4v) is 3.70. The Hall–Kier alpha value is -3.93. The van der Waals surface area contributed by atoms with Crippen LogP contribution in [0.4, 0.5) is 0 Å². The molecule has 0 aliphatic rings. The van der Waals surface area contributed by atoms with E-state index in [-0.39, 0.29) is 5.91 Å². The topological polar surface area (TPSA) is 68.5 Å². The Morgan fingerprint density at radius 3 is 2.52 bits per heavy atom. The summed E-state index contributed by atoms with van der Waals surface area (Å²) in [6.45, 7) is 6.07. The highest BCUT2D eigenvalue weighted by Gasteiger charge is 2.14. The number of nitrogens with zero attached hydrogens (tertiary/aromatic N) is 3. The molecule has 0 atom stereocenters. The van der Waals surface area contributed by atoms with Gasteiger partial charge in [0.2, 0.25) is 0 Å². The first kappa shape index (κ1) is 20.3. The molecule has 0 radical (unpaired) electrons. The molecule has 0 saturated heterocycles. The highest BCUT2D eigenvalue weighted by molar-refractivity contribution is 6.02. The summed E-state index contributed by atoms with van der Waals surface area (Å²) < 4.78 is 7.48. The van der Waals surface area contributed by atoms with Crippen LogP contribution in [0, 0.1) is 20.8 Å². The molecule has 6 heteroatoms. The number of carbonyl (C=O) groups excluding carboxylic acids is 1. The number of amides is 1. The number of aryl methyl sites for hydroxylation is 2. The molecule has 0 aliphatic heterocycles. The van der Waals surface area contributed by atoms with Crippen LogP contribution < -0.4 is 10.2 Å². The molecule has 1 amide bonds. The van der Waals surface area contributed by atoms with Crippen molar-refractivity contribution in [2.45, 2.75) is 20.8 Å². The third-order valence-corrected chi connectivity index (χ3v) is 5.28. The fourth-order valence-electron chi connectivity index (χ4n) is 3.70. The first-order valence-electron chi connectivity index (χ1n) is 10.00. The van der Waals surface area contributed by atoms with Gasteiger partial charge in [0.15, 0.2) is 0 Å². The first-order chi connectivity index (χ1) is 15.0. The highest BCUT2D eigenvalue weighted by atomic mass is 16.5. The van der Waals surface area contributed by atoms with Crippen molar-refractivity contribution in [2.75, 3.05) is 7.11 Å². The number of benzene rings is 2. The van der Waals surface area contributed by atoms with Crippen molar-refractivity contribution in [3.05, 3.63) is 88.9 Å². The van der Waals surface area contributed by atoms with Crippen molar-refractivity contribution >= 4 is 22.9 Å². The number of nitrogens with one attached hydrogen (secondary N) is 1.